The van der Waals surface area contributed by atoms with Crippen LogP contribution in [0.1, 0.15) is 34.8 Å². The minimum atomic E-state index is -1.37. The van der Waals surface area contributed by atoms with Gasteiger partial charge in [-0.15, -0.1) is 0 Å². The lowest BCUT2D eigenvalue weighted by Gasteiger charge is -2.31. The highest BCUT2D eigenvalue weighted by Gasteiger charge is 2.53. The highest BCUT2D eigenvalue weighted by Crippen LogP contribution is 2.44. The average Bonchev–Trinajstić information content (AvgIpc) is 3.41. The topological polar surface area (TPSA) is 92.2 Å². The SMILES string of the molecule is O=C(NNCCc1ccccc1F)[C@@]1(Cc2ccccc2)N=C(c2ccc(OCCCO)cc2)O[C@H]1c1ccccc1Br. The number of amides is 1. The minimum absolute atomic E-state index is 0.0583. The van der Waals surface area contributed by atoms with E-state index in [-0.39, 0.29) is 24.8 Å². The molecule has 5 rings (SSSR count). The zero-order chi connectivity index (χ0) is 30.1. The molecular weight excluding hydrogens is 613 g/mol. The van der Waals surface area contributed by atoms with Gasteiger partial charge in [-0.05, 0) is 53.9 Å². The quantitative estimate of drug-likeness (QED) is 0.128. The summed E-state index contributed by atoms with van der Waals surface area (Å²) in [6, 6.07) is 31.2. The molecule has 0 aromatic heterocycles. The molecule has 0 saturated carbocycles. The van der Waals surface area contributed by atoms with E-state index in [1.807, 2.05) is 78.9 Å². The van der Waals surface area contributed by atoms with Gasteiger partial charge in [0.1, 0.15) is 11.6 Å². The number of hydrogen-bond acceptors (Lipinski definition) is 6. The van der Waals surface area contributed by atoms with Gasteiger partial charge in [-0.25, -0.2) is 14.8 Å². The molecule has 1 aliphatic heterocycles. The van der Waals surface area contributed by atoms with E-state index < -0.39 is 11.6 Å². The molecule has 0 aliphatic carbocycles. The van der Waals surface area contributed by atoms with Crippen LogP contribution in [0.5, 0.6) is 5.75 Å². The second-order valence-corrected chi connectivity index (χ2v) is 11.0. The number of carbonyl (C=O) groups excluding carboxylic acids is 1. The van der Waals surface area contributed by atoms with E-state index in [1.54, 1.807) is 18.2 Å². The van der Waals surface area contributed by atoms with Crippen molar-refractivity contribution in [2.75, 3.05) is 19.8 Å². The summed E-state index contributed by atoms with van der Waals surface area (Å²) in [5.74, 6) is 0.337. The Morgan fingerprint density at radius 1 is 0.977 bits per heavy atom. The van der Waals surface area contributed by atoms with E-state index >= 15 is 0 Å². The summed E-state index contributed by atoms with van der Waals surface area (Å²) in [6.45, 7) is 0.785. The van der Waals surface area contributed by atoms with Crippen LogP contribution in [0, 0.1) is 5.82 Å². The number of benzene rings is 4. The number of hydrogen-bond donors (Lipinski definition) is 3. The molecule has 222 valence electrons. The predicted molar refractivity (Wildman–Crippen MR) is 167 cm³/mol. The molecule has 7 nitrogen and oxygen atoms in total. The molecule has 1 amide bonds. The van der Waals surface area contributed by atoms with Crippen molar-refractivity contribution >= 4 is 27.7 Å². The summed E-state index contributed by atoms with van der Waals surface area (Å²) in [7, 11) is 0. The molecule has 0 fully saturated rings. The van der Waals surface area contributed by atoms with Crippen molar-refractivity contribution < 1.29 is 23.8 Å². The number of halogens is 2. The summed E-state index contributed by atoms with van der Waals surface area (Å²) in [5, 5.41) is 9.03. The van der Waals surface area contributed by atoms with Crippen LogP contribution >= 0.6 is 15.9 Å². The van der Waals surface area contributed by atoms with Crippen LogP contribution in [-0.4, -0.2) is 42.2 Å². The van der Waals surface area contributed by atoms with Crippen LogP contribution in [0.25, 0.3) is 0 Å². The van der Waals surface area contributed by atoms with Crippen molar-refractivity contribution in [3.8, 4) is 5.75 Å². The van der Waals surface area contributed by atoms with E-state index in [0.29, 0.717) is 48.8 Å². The molecule has 0 unspecified atom stereocenters. The standard InChI is InChI=1S/C34H33BrFN3O4/c35-29-13-6-5-12-28(29)31-34(23-24-9-2-1-3-10-24,33(41)39-37-20-19-25-11-4-7-14-30(25)36)38-32(43-31)26-15-17-27(18-16-26)42-22-8-21-40/h1-7,9-18,31,37,40H,8,19-23H2,(H,39,41)/t31-,34-/m0/s1. The van der Waals surface area contributed by atoms with Crippen molar-refractivity contribution in [2.24, 2.45) is 4.99 Å². The van der Waals surface area contributed by atoms with Crippen LogP contribution in [-0.2, 0) is 22.4 Å². The molecular formula is C34H33BrFN3O4. The third-order valence-electron chi connectivity index (χ3n) is 7.21. The maximum Gasteiger partial charge on any atom is 0.266 e. The van der Waals surface area contributed by atoms with Gasteiger partial charge in [0, 0.05) is 41.6 Å². The van der Waals surface area contributed by atoms with Gasteiger partial charge in [0.15, 0.2) is 11.6 Å². The molecule has 0 bridgehead atoms. The Bertz CT molecular complexity index is 1550. The number of nitrogens with one attached hydrogen (secondary N) is 2. The van der Waals surface area contributed by atoms with Gasteiger partial charge in [-0.3, -0.25) is 10.2 Å². The third-order valence-corrected chi connectivity index (χ3v) is 7.94. The van der Waals surface area contributed by atoms with Gasteiger partial charge in [0.05, 0.1) is 6.61 Å². The van der Waals surface area contributed by atoms with Gasteiger partial charge < -0.3 is 14.6 Å². The Kier molecular flexibility index (Phi) is 10.2. The normalized spacial score (nSPS) is 17.7. The number of rotatable bonds is 13. The van der Waals surface area contributed by atoms with E-state index in [2.05, 4.69) is 26.8 Å². The van der Waals surface area contributed by atoms with E-state index in [1.165, 1.54) is 6.07 Å². The highest BCUT2D eigenvalue weighted by molar-refractivity contribution is 9.10. The molecule has 4 aromatic carbocycles. The molecule has 0 saturated heterocycles. The molecule has 1 aliphatic rings. The molecule has 2 atom stereocenters. The second-order valence-electron chi connectivity index (χ2n) is 10.2. The molecule has 9 heteroatoms. The van der Waals surface area contributed by atoms with Crippen molar-refractivity contribution in [1.82, 2.24) is 10.9 Å². The summed E-state index contributed by atoms with van der Waals surface area (Å²) < 4.78 is 27.2. The van der Waals surface area contributed by atoms with Crippen LogP contribution in [0.15, 0.2) is 113 Å². The van der Waals surface area contributed by atoms with Gasteiger partial charge in [0.2, 0.25) is 5.90 Å². The Morgan fingerprint density at radius 3 is 2.44 bits per heavy atom. The van der Waals surface area contributed by atoms with Gasteiger partial charge >= 0.3 is 0 Å². The smallest absolute Gasteiger partial charge is 0.266 e. The largest absolute Gasteiger partial charge is 0.494 e. The number of nitrogens with zero attached hydrogens (tertiary/aromatic N) is 1. The summed E-state index contributed by atoms with van der Waals surface area (Å²) in [6.07, 6.45) is 0.444. The van der Waals surface area contributed by atoms with Crippen LogP contribution in [0.4, 0.5) is 4.39 Å². The van der Waals surface area contributed by atoms with Crippen LogP contribution < -0.4 is 15.6 Å². The lowest BCUT2D eigenvalue weighted by atomic mass is 9.82. The summed E-state index contributed by atoms with van der Waals surface area (Å²) >= 11 is 3.66. The Hall–Kier alpha value is -4.05. The first kappa shape index (κ1) is 30.4. The molecule has 0 spiro atoms. The molecule has 0 radical (unpaired) electrons. The van der Waals surface area contributed by atoms with Gasteiger partial charge in [0.25, 0.3) is 5.91 Å². The lowest BCUT2D eigenvalue weighted by Crippen LogP contribution is -2.54. The highest BCUT2D eigenvalue weighted by atomic mass is 79.9. The molecule has 4 aromatic rings. The molecule has 43 heavy (non-hydrogen) atoms. The maximum atomic E-state index is 14.2. The fourth-order valence-electron chi connectivity index (χ4n) is 5.00. The first-order chi connectivity index (χ1) is 21.0. The lowest BCUT2D eigenvalue weighted by molar-refractivity contribution is -0.130. The van der Waals surface area contributed by atoms with Crippen molar-refractivity contribution in [3.05, 3.63) is 136 Å². The minimum Gasteiger partial charge on any atom is -0.494 e. The van der Waals surface area contributed by atoms with E-state index in [4.69, 9.17) is 19.6 Å². The zero-order valence-electron chi connectivity index (χ0n) is 23.5. The maximum absolute atomic E-state index is 14.2. The van der Waals surface area contributed by atoms with E-state index in [9.17, 15) is 9.18 Å². The second kappa shape index (κ2) is 14.4. The van der Waals surface area contributed by atoms with Gasteiger partial charge in [-0.2, -0.15) is 0 Å². The number of hydrazine groups is 1. The Balaban J connectivity index is 1.47. The zero-order valence-corrected chi connectivity index (χ0v) is 25.1. The summed E-state index contributed by atoms with van der Waals surface area (Å²) in [4.78, 5) is 19.3. The predicted octanol–water partition coefficient (Wildman–Crippen LogP) is 5.71. The monoisotopic (exact) mass is 645 g/mol. The van der Waals surface area contributed by atoms with Crippen molar-refractivity contribution in [3.63, 3.8) is 0 Å². The first-order valence-corrected chi connectivity index (χ1v) is 14.9. The molecule has 1 heterocycles. The Morgan fingerprint density at radius 2 is 1.70 bits per heavy atom. The number of ether oxygens (including phenoxy) is 2. The van der Waals surface area contributed by atoms with E-state index in [0.717, 1.165) is 15.6 Å². The van der Waals surface area contributed by atoms with Crippen molar-refractivity contribution in [2.45, 2.75) is 30.9 Å². The fraction of sp³-hybridized carbons (Fsp3) is 0.235. The average molecular weight is 647 g/mol. The van der Waals surface area contributed by atoms with Crippen LogP contribution in [0.2, 0.25) is 0 Å². The summed E-state index contributed by atoms with van der Waals surface area (Å²) in [5.41, 5.74) is 7.41. The van der Waals surface area contributed by atoms with Crippen molar-refractivity contribution in [1.29, 1.82) is 0 Å². The fourth-order valence-corrected chi connectivity index (χ4v) is 5.50. The van der Waals surface area contributed by atoms with Gasteiger partial charge in [-0.1, -0.05) is 82.7 Å². The number of aliphatic imine (C=N–C) groups is 1. The Labute approximate surface area is 258 Å². The third kappa shape index (κ3) is 7.30. The molecule has 3 N–H and O–H groups in total. The van der Waals surface area contributed by atoms with Crippen LogP contribution in [0.3, 0.4) is 0 Å². The number of aliphatic hydroxyl groups excluding tert-OH is 1. The number of carbonyl (C=O) groups is 1. The first-order valence-electron chi connectivity index (χ1n) is 14.2. The number of aliphatic hydroxyl groups is 1.